The fourth-order valence-corrected chi connectivity index (χ4v) is 1.62. The van der Waals surface area contributed by atoms with Gasteiger partial charge in [0, 0.05) is 5.92 Å². The van der Waals surface area contributed by atoms with E-state index in [0.717, 1.165) is 5.56 Å². The minimum atomic E-state index is -4.31. The summed E-state index contributed by atoms with van der Waals surface area (Å²) >= 11 is 0. The second-order valence-electron chi connectivity index (χ2n) is 4.36. The van der Waals surface area contributed by atoms with Crippen LogP contribution in [0.4, 0.5) is 13.2 Å². The maximum absolute atomic E-state index is 12.1. The number of halogens is 3. The highest BCUT2D eigenvalue weighted by Gasteiger charge is 2.33. The molecule has 1 aromatic rings. The molecule has 1 rings (SSSR count). The second-order valence-corrected chi connectivity index (χ2v) is 4.36. The summed E-state index contributed by atoms with van der Waals surface area (Å²) in [6, 6.07) is 8.81. The monoisotopic (exact) mass is 259 g/mol. The molecule has 0 spiro atoms. The molecule has 5 heteroatoms. The van der Waals surface area contributed by atoms with Gasteiger partial charge in [0.1, 0.15) is 0 Å². The maximum atomic E-state index is 12.1. The number of rotatable bonds is 4. The first-order valence-electron chi connectivity index (χ1n) is 5.71. The van der Waals surface area contributed by atoms with Crippen LogP contribution in [0, 0.1) is 5.92 Å². The number of carbonyl (C=O) groups excluding carboxylic acids is 1. The van der Waals surface area contributed by atoms with E-state index in [4.69, 9.17) is 0 Å². The zero-order valence-electron chi connectivity index (χ0n) is 10.3. The number of amides is 1. The van der Waals surface area contributed by atoms with Crippen LogP contribution in [0.5, 0.6) is 0 Å². The highest BCUT2D eigenvalue weighted by molar-refractivity contribution is 5.78. The zero-order valence-corrected chi connectivity index (χ0v) is 10.3. The van der Waals surface area contributed by atoms with Crippen molar-refractivity contribution < 1.29 is 18.0 Å². The molecule has 1 N–H and O–H groups in total. The predicted octanol–water partition coefficient (Wildman–Crippen LogP) is 3.45. The molecule has 0 fully saturated rings. The Morgan fingerprint density at radius 2 is 1.78 bits per heavy atom. The average Bonchev–Trinajstić information content (AvgIpc) is 2.27. The van der Waals surface area contributed by atoms with Crippen LogP contribution in [-0.4, -0.2) is 12.1 Å². The lowest BCUT2D eigenvalue weighted by molar-refractivity contribution is -0.153. The largest absolute Gasteiger partial charge is 0.389 e. The van der Waals surface area contributed by atoms with Crippen LogP contribution >= 0.6 is 0 Å². The van der Waals surface area contributed by atoms with Gasteiger partial charge in [-0.3, -0.25) is 4.79 Å². The Bertz CT molecular complexity index is 389. The summed E-state index contributed by atoms with van der Waals surface area (Å²) in [6.07, 6.45) is -5.41. The molecular formula is C13H16F3NO. The van der Waals surface area contributed by atoms with Crippen molar-refractivity contribution in [1.82, 2.24) is 5.32 Å². The fraction of sp³-hybridized carbons (Fsp3) is 0.462. The molecule has 0 aromatic heterocycles. The second kappa shape index (κ2) is 5.89. The van der Waals surface area contributed by atoms with Crippen LogP contribution in [0.15, 0.2) is 30.3 Å². The third-order valence-electron chi connectivity index (χ3n) is 2.64. The lowest BCUT2D eigenvalue weighted by Gasteiger charge is -2.18. The van der Waals surface area contributed by atoms with Crippen LogP contribution in [0.1, 0.15) is 31.9 Å². The third-order valence-corrected chi connectivity index (χ3v) is 2.64. The Morgan fingerprint density at radius 3 is 2.28 bits per heavy atom. The molecule has 100 valence electrons. The summed E-state index contributed by atoms with van der Waals surface area (Å²) in [4.78, 5) is 11.6. The molecule has 2 nitrogen and oxygen atoms in total. The average molecular weight is 259 g/mol. The van der Waals surface area contributed by atoms with Gasteiger partial charge < -0.3 is 5.32 Å². The number of hydrogen-bond donors (Lipinski definition) is 1. The minimum Gasteiger partial charge on any atom is -0.349 e. The molecule has 1 aromatic carbocycles. The summed E-state index contributed by atoms with van der Waals surface area (Å²) in [5, 5.41) is 2.58. The maximum Gasteiger partial charge on any atom is 0.389 e. The van der Waals surface area contributed by atoms with Crippen molar-refractivity contribution in [3.63, 3.8) is 0 Å². The van der Waals surface area contributed by atoms with Gasteiger partial charge in [0.2, 0.25) is 5.91 Å². The first-order valence-corrected chi connectivity index (χ1v) is 5.71. The Balaban J connectivity index is 2.55. The van der Waals surface area contributed by atoms with Crippen molar-refractivity contribution in [1.29, 1.82) is 0 Å². The van der Waals surface area contributed by atoms with E-state index in [1.54, 1.807) is 6.92 Å². The summed E-state index contributed by atoms with van der Waals surface area (Å²) in [5.74, 6) is -1.65. The van der Waals surface area contributed by atoms with Crippen LogP contribution < -0.4 is 5.32 Å². The molecular weight excluding hydrogens is 243 g/mol. The van der Waals surface area contributed by atoms with Gasteiger partial charge in [-0.15, -0.1) is 0 Å². The topological polar surface area (TPSA) is 29.1 Å². The predicted molar refractivity (Wildman–Crippen MR) is 62.8 cm³/mol. The number of hydrogen-bond acceptors (Lipinski definition) is 1. The Hall–Kier alpha value is -1.52. The Morgan fingerprint density at radius 1 is 1.22 bits per heavy atom. The smallest absolute Gasteiger partial charge is 0.349 e. The minimum absolute atomic E-state index is 0.297. The van der Waals surface area contributed by atoms with Gasteiger partial charge in [-0.25, -0.2) is 0 Å². The first-order chi connectivity index (χ1) is 8.29. The summed E-state index contributed by atoms with van der Waals surface area (Å²) in [5.41, 5.74) is 0.866. The number of nitrogens with one attached hydrogen (secondary N) is 1. The van der Waals surface area contributed by atoms with Crippen molar-refractivity contribution in [3.05, 3.63) is 35.9 Å². The third kappa shape index (κ3) is 4.77. The van der Waals surface area contributed by atoms with Gasteiger partial charge in [0.25, 0.3) is 0 Å². The van der Waals surface area contributed by atoms with E-state index in [2.05, 4.69) is 5.32 Å². The van der Waals surface area contributed by atoms with E-state index >= 15 is 0 Å². The van der Waals surface area contributed by atoms with E-state index < -0.39 is 24.4 Å². The summed E-state index contributed by atoms with van der Waals surface area (Å²) in [6.45, 7) is 3.02. The quantitative estimate of drug-likeness (QED) is 0.881. The van der Waals surface area contributed by atoms with E-state index in [1.165, 1.54) is 6.92 Å². The fourth-order valence-electron chi connectivity index (χ4n) is 1.62. The molecule has 0 aliphatic heterocycles. The van der Waals surface area contributed by atoms with E-state index in [9.17, 15) is 18.0 Å². The van der Waals surface area contributed by atoms with Crippen molar-refractivity contribution in [2.75, 3.05) is 0 Å². The van der Waals surface area contributed by atoms with E-state index in [1.807, 2.05) is 30.3 Å². The van der Waals surface area contributed by atoms with Crippen LogP contribution in [0.3, 0.4) is 0 Å². The molecule has 0 saturated heterocycles. The van der Waals surface area contributed by atoms with Crippen molar-refractivity contribution in [2.45, 2.75) is 32.5 Å². The molecule has 0 bridgehead atoms. The molecule has 0 aliphatic rings. The van der Waals surface area contributed by atoms with Gasteiger partial charge in [-0.05, 0) is 12.5 Å². The highest BCUT2D eigenvalue weighted by Crippen LogP contribution is 2.25. The molecule has 0 radical (unpaired) electrons. The van der Waals surface area contributed by atoms with Crippen molar-refractivity contribution in [2.24, 2.45) is 5.92 Å². The normalized spacial score (nSPS) is 14.9. The number of benzene rings is 1. The standard InChI is InChI=1S/C13H16F3NO/c1-9(8-13(14,15)16)12(18)17-10(2)11-6-4-3-5-7-11/h3-7,9-10H,8H2,1-2H3,(H,17,18). The highest BCUT2D eigenvalue weighted by atomic mass is 19.4. The molecule has 2 unspecified atom stereocenters. The van der Waals surface area contributed by atoms with Gasteiger partial charge in [0.15, 0.2) is 0 Å². The number of alkyl halides is 3. The Kier molecular flexibility index (Phi) is 4.76. The van der Waals surface area contributed by atoms with Crippen molar-refractivity contribution in [3.8, 4) is 0 Å². The lowest BCUT2D eigenvalue weighted by Crippen LogP contribution is -2.33. The van der Waals surface area contributed by atoms with Crippen LogP contribution in [-0.2, 0) is 4.79 Å². The van der Waals surface area contributed by atoms with Crippen LogP contribution in [0.25, 0.3) is 0 Å². The van der Waals surface area contributed by atoms with E-state index in [0.29, 0.717) is 0 Å². The molecule has 0 saturated carbocycles. The van der Waals surface area contributed by atoms with E-state index in [-0.39, 0.29) is 6.04 Å². The molecule has 1 amide bonds. The van der Waals surface area contributed by atoms with Gasteiger partial charge in [-0.1, -0.05) is 37.3 Å². The van der Waals surface area contributed by atoms with Crippen LogP contribution in [0.2, 0.25) is 0 Å². The van der Waals surface area contributed by atoms with Gasteiger partial charge in [-0.2, -0.15) is 13.2 Å². The lowest BCUT2D eigenvalue weighted by atomic mass is 10.0. The number of carbonyl (C=O) groups is 1. The zero-order chi connectivity index (χ0) is 13.8. The first kappa shape index (κ1) is 14.5. The molecule has 18 heavy (non-hydrogen) atoms. The Labute approximate surface area is 104 Å². The molecule has 0 aliphatic carbocycles. The molecule has 0 heterocycles. The van der Waals surface area contributed by atoms with Gasteiger partial charge >= 0.3 is 6.18 Å². The van der Waals surface area contributed by atoms with Crippen molar-refractivity contribution >= 4 is 5.91 Å². The van der Waals surface area contributed by atoms with Gasteiger partial charge in [0.05, 0.1) is 12.5 Å². The SMILES string of the molecule is CC(CC(F)(F)F)C(=O)NC(C)c1ccccc1. The summed E-state index contributed by atoms with van der Waals surface area (Å²) in [7, 11) is 0. The molecule has 2 atom stereocenters. The summed E-state index contributed by atoms with van der Waals surface area (Å²) < 4.78 is 36.4.